The lowest BCUT2D eigenvalue weighted by Crippen LogP contribution is -2.53. The molecule has 216 valence electrons. The summed E-state index contributed by atoms with van der Waals surface area (Å²) in [4.78, 5) is 43.4. The average molecular weight is 555 g/mol. The van der Waals surface area contributed by atoms with E-state index in [0.717, 1.165) is 49.8 Å². The number of carbonyl (C=O) groups excluding carboxylic acids is 3. The maximum atomic E-state index is 12.7. The van der Waals surface area contributed by atoms with Crippen molar-refractivity contribution in [3.63, 3.8) is 0 Å². The van der Waals surface area contributed by atoms with Crippen LogP contribution in [0.4, 0.5) is 0 Å². The number of ketones is 2. The topological polar surface area (TPSA) is 84.8 Å². The maximum Gasteiger partial charge on any atom is 0.261 e. The number of carbonyl (C=O) groups is 3. The van der Waals surface area contributed by atoms with Gasteiger partial charge in [0.15, 0.2) is 12.4 Å². The van der Waals surface area contributed by atoms with Gasteiger partial charge in [-0.3, -0.25) is 14.4 Å². The van der Waals surface area contributed by atoms with Gasteiger partial charge in [-0.15, -0.1) is 0 Å². The third-order valence-electron chi connectivity index (χ3n) is 11.3. The first kappa shape index (κ1) is 27.9. The zero-order valence-corrected chi connectivity index (χ0v) is 24.4. The van der Waals surface area contributed by atoms with E-state index in [1.165, 1.54) is 19.3 Å². The van der Waals surface area contributed by atoms with E-state index < -0.39 is 0 Å². The molecule has 6 rings (SSSR count). The van der Waals surface area contributed by atoms with Gasteiger partial charge in [0.1, 0.15) is 5.78 Å². The number of fused-ring (bicyclic) bond motifs is 5. The Labute approximate surface area is 243 Å². The minimum atomic E-state index is -0.230. The van der Waals surface area contributed by atoms with Crippen molar-refractivity contribution in [1.29, 1.82) is 0 Å². The lowest BCUT2D eigenvalue weighted by Gasteiger charge is -2.59. The molecule has 0 aromatic heterocycles. The Bertz CT molecular complexity index is 1350. The lowest BCUT2D eigenvalue weighted by atomic mass is 9.45. The number of Topliss-reactive ketones (excluding diaryl/α,β-unsaturated/α-hetero) is 1. The second-order valence-electron chi connectivity index (χ2n) is 13.4. The monoisotopic (exact) mass is 554 g/mol. The van der Waals surface area contributed by atoms with Crippen molar-refractivity contribution < 1.29 is 19.2 Å². The van der Waals surface area contributed by atoms with Crippen molar-refractivity contribution in [3.05, 3.63) is 71.3 Å². The predicted octanol–water partition coefficient (Wildman–Crippen LogP) is 6.52. The fraction of sp³-hybridized carbons (Fsp3) is 0.543. The van der Waals surface area contributed by atoms with E-state index in [0.29, 0.717) is 52.5 Å². The van der Waals surface area contributed by atoms with Crippen molar-refractivity contribution in [1.82, 2.24) is 5.32 Å². The Hall–Kier alpha value is -3.28. The first-order valence-electron chi connectivity index (χ1n) is 15.4. The molecular formula is C35H42N2O4. The Morgan fingerprint density at radius 1 is 0.927 bits per heavy atom. The second-order valence-corrected chi connectivity index (χ2v) is 13.4. The fourth-order valence-electron chi connectivity index (χ4n) is 8.93. The molecule has 2 aromatic rings. The SMILES string of the molecule is C[C@]12CC/C(=N\OCC(=O)NCc3cccc(C(=O)c4ccccc4)c3)C[C@@H]1CC[C@@H]1[C@@H]2CC[C@]2(C)C(=O)CC[C@@H]12. The summed E-state index contributed by atoms with van der Waals surface area (Å²) in [6.45, 7) is 4.96. The highest BCUT2D eigenvalue weighted by atomic mass is 16.6. The van der Waals surface area contributed by atoms with Gasteiger partial charge in [-0.25, -0.2) is 0 Å². The number of rotatable bonds is 7. The molecule has 6 atom stereocenters. The Morgan fingerprint density at radius 3 is 2.56 bits per heavy atom. The zero-order chi connectivity index (χ0) is 28.6. The molecule has 0 spiro atoms. The van der Waals surface area contributed by atoms with Gasteiger partial charge in [-0.05, 0) is 92.1 Å². The van der Waals surface area contributed by atoms with E-state index in [1.807, 2.05) is 36.4 Å². The molecule has 41 heavy (non-hydrogen) atoms. The van der Waals surface area contributed by atoms with Crippen LogP contribution in [0.3, 0.4) is 0 Å². The van der Waals surface area contributed by atoms with Gasteiger partial charge < -0.3 is 10.2 Å². The third kappa shape index (κ3) is 5.26. The van der Waals surface area contributed by atoms with Crippen LogP contribution in [-0.4, -0.2) is 29.8 Å². The Morgan fingerprint density at radius 2 is 1.73 bits per heavy atom. The molecule has 4 aliphatic carbocycles. The van der Waals surface area contributed by atoms with Crippen molar-refractivity contribution in [2.24, 2.45) is 39.7 Å². The van der Waals surface area contributed by atoms with Crippen molar-refractivity contribution >= 4 is 23.2 Å². The molecule has 1 amide bonds. The minimum Gasteiger partial charge on any atom is -0.386 e. The van der Waals surface area contributed by atoms with E-state index >= 15 is 0 Å². The molecule has 4 aliphatic rings. The molecule has 0 radical (unpaired) electrons. The fourth-order valence-corrected chi connectivity index (χ4v) is 8.93. The number of benzene rings is 2. The van der Waals surface area contributed by atoms with Crippen LogP contribution in [0.15, 0.2) is 59.8 Å². The van der Waals surface area contributed by atoms with Crippen LogP contribution in [0, 0.1) is 34.5 Å². The highest BCUT2D eigenvalue weighted by molar-refractivity contribution is 6.09. The summed E-state index contributed by atoms with van der Waals surface area (Å²) in [5.74, 6) is 2.82. The summed E-state index contributed by atoms with van der Waals surface area (Å²) in [6, 6.07) is 16.5. The first-order chi connectivity index (χ1) is 19.8. The molecule has 0 unspecified atom stereocenters. The van der Waals surface area contributed by atoms with E-state index in [2.05, 4.69) is 24.3 Å². The Kier molecular flexibility index (Phi) is 7.60. The van der Waals surface area contributed by atoms with E-state index in [-0.39, 0.29) is 23.7 Å². The number of oxime groups is 1. The standard InChI is InChI=1S/C35H42N2O4/c1-34-17-15-27(20-26(34)11-12-28-29-13-14-31(38)35(29,2)18-16-30(28)34)37-41-22-32(39)36-21-23-7-6-10-25(19-23)33(40)24-8-4-3-5-9-24/h3-10,19,26,28-30H,11-18,20-22H2,1-2H3,(H,36,39)/b37-27+/t26-,28-,29-,30-,34-,35-/m0/s1. The van der Waals surface area contributed by atoms with Gasteiger partial charge in [0.25, 0.3) is 5.91 Å². The number of nitrogens with zero attached hydrogens (tertiary/aromatic N) is 1. The smallest absolute Gasteiger partial charge is 0.261 e. The highest BCUT2D eigenvalue weighted by Crippen LogP contribution is 2.65. The average Bonchev–Trinajstić information content (AvgIpc) is 3.30. The lowest BCUT2D eigenvalue weighted by molar-refractivity contribution is -0.137. The van der Waals surface area contributed by atoms with Gasteiger partial charge in [-0.1, -0.05) is 67.5 Å². The van der Waals surface area contributed by atoms with Crippen molar-refractivity contribution in [2.45, 2.75) is 78.2 Å². The minimum absolute atomic E-state index is 0.0365. The predicted molar refractivity (Wildman–Crippen MR) is 158 cm³/mol. The van der Waals surface area contributed by atoms with Crippen molar-refractivity contribution in [2.75, 3.05) is 6.61 Å². The van der Waals surface area contributed by atoms with Gasteiger partial charge in [0.05, 0.1) is 5.71 Å². The van der Waals surface area contributed by atoms with Gasteiger partial charge in [0, 0.05) is 29.5 Å². The van der Waals surface area contributed by atoms with E-state index in [4.69, 9.17) is 4.84 Å². The summed E-state index contributed by atoms with van der Waals surface area (Å²) >= 11 is 0. The number of hydrogen-bond acceptors (Lipinski definition) is 5. The summed E-state index contributed by atoms with van der Waals surface area (Å²) in [6.07, 6.45) is 9.53. The van der Waals surface area contributed by atoms with Crippen LogP contribution >= 0.6 is 0 Å². The summed E-state index contributed by atoms with van der Waals surface area (Å²) < 4.78 is 0. The maximum absolute atomic E-state index is 12.7. The van der Waals surface area contributed by atoms with Crippen LogP contribution in [0.2, 0.25) is 0 Å². The van der Waals surface area contributed by atoms with E-state index in [1.54, 1.807) is 18.2 Å². The molecule has 1 N–H and O–H groups in total. The third-order valence-corrected chi connectivity index (χ3v) is 11.3. The van der Waals surface area contributed by atoms with Gasteiger partial charge in [-0.2, -0.15) is 0 Å². The first-order valence-corrected chi connectivity index (χ1v) is 15.4. The molecular weight excluding hydrogens is 512 g/mol. The number of hydrogen-bond donors (Lipinski definition) is 1. The highest BCUT2D eigenvalue weighted by Gasteiger charge is 2.60. The summed E-state index contributed by atoms with van der Waals surface area (Å²) in [7, 11) is 0. The molecule has 0 heterocycles. The molecule has 2 aromatic carbocycles. The zero-order valence-electron chi connectivity index (χ0n) is 24.4. The van der Waals surface area contributed by atoms with Gasteiger partial charge in [0.2, 0.25) is 0 Å². The van der Waals surface area contributed by atoms with Crippen LogP contribution < -0.4 is 5.32 Å². The molecule has 0 saturated heterocycles. The number of nitrogens with one attached hydrogen (secondary N) is 1. The molecule has 6 heteroatoms. The molecule has 0 aliphatic heterocycles. The number of amides is 1. The summed E-state index contributed by atoms with van der Waals surface area (Å²) in [5.41, 5.74) is 3.42. The largest absolute Gasteiger partial charge is 0.386 e. The van der Waals surface area contributed by atoms with Crippen LogP contribution in [-0.2, 0) is 21.0 Å². The molecule has 4 saturated carbocycles. The van der Waals surface area contributed by atoms with Crippen LogP contribution in [0.1, 0.15) is 93.1 Å². The normalized spacial score (nSPS) is 33.4. The van der Waals surface area contributed by atoms with Crippen LogP contribution in [0.25, 0.3) is 0 Å². The van der Waals surface area contributed by atoms with Gasteiger partial charge >= 0.3 is 0 Å². The second kappa shape index (κ2) is 11.2. The molecule has 4 fully saturated rings. The Balaban J connectivity index is 0.991. The van der Waals surface area contributed by atoms with Crippen molar-refractivity contribution in [3.8, 4) is 0 Å². The summed E-state index contributed by atoms with van der Waals surface area (Å²) in [5, 5.41) is 7.30. The molecule has 0 bridgehead atoms. The quantitative estimate of drug-likeness (QED) is 0.312. The van der Waals surface area contributed by atoms with E-state index in [9.17, 15) is 14.4 Å². The molecule has 6 nitrogen and oxygen atoms in total. The van der Waals surface area contributed by atoms with Crippen LogP contribution in [0.5, 0.6) is 0 Å².